The molecule has 6 nitrogen and oxygen atoms in total. The predicted octanol–water partition coefficient (Wildman–Crippen LogP) is 3.89. The Morgan fingerprint density at radius 3 is 2.62 bits per heavy atom. The number of carbonyl (C=O) groups excluding carboxylic acids is 2. The smallest absolute Gasteiger partial charge is 0.256 e. The highest BCUT2D eigenvalue weighted by atomic mass is 32.2. The molecular formula is C21H20FN3O3S. The highest BCUT2D eigenvalue weighted by Crippen LogP contribution is 2.25. The van der Waals surface area contributed by atoms with Crippen molar-refractivity contribution in [3.8, 4) is 11.3 Å². The van der Waals surface area contributed by atoms with Gasteiger partial charge in [-0.2, -0.15) is 0 Å². The van der Waals surface area contributed by atoms with Crippen LogP contribution in [0.25, 0.3) is 11.3 Å². The lowest BCUT2D eigenvalue weighted by atomic mass is 10.1. The zero-order chi connectivity index (χ0) is 20.6. The number of halogens is 1. The third-order valence-corrected chi connectivity index (χ3v) is 4.90. The summed E-state index contributed by atoms with van der Waals surface area (Å²) in [6.07, 6.45) is 2.32. The zero-order valence-corrected chi connectivity index (χ0v) is 16.6. The van der Waals surface area contributed by atoms with Crippen LogP contribution in [0.3, 0.4) is 0 Å². The fourth-order valence-electron chi connectivity index (χ4n) is 2.57. The molecule has 2 aromatic carbocycles. The molecule has 150 valence electrons. The van der Waals surface area contributed by atoms with Gasteiger partial charge in [-0.25, -0.2) is 9.37 Å². The lowest BCUT2D eigenvalue weighted by Gasteiger charge is -2.10. The number of rotatable bonds is 8. The Bertz CT molecular complexity index is 989. The second kappa shape index (κ2) is 9.88. The lowest BCUT2D eigenvalue weighted by Crippen LogP contribution is -2.34. The van der Waals surface area contributed by atoms with Crippen LogP contribution in [0.4, 0.5) is 10.1 Å². The minimum Gasteiger partial charge on any atom is -0.431 e. The van der Waals surface area contributed by atoms with Gasteiger partial charge in [0.25, 0.3) is 5.22 Å². The van der Waals surface area contributed by atoms with Crippen molar-refractivity contribution in [2.75, 3.05) is 17.6 Å². The van der Waals surface area contributed by atoms with Gasteiger partial charge in [-0.1, -0.05) is 36.9 Å². The fraction of sp³-hybridized carbons (Fsp3) is 0.190. The van der Waals surface area contributed by atoms with Crippen LogP contribution in [-0.2, 0) is 16.0 Å². The summed E-state index contributed by atoms with van der Waals surface area (Å²) in [5.41, 5.74) is 2.47. The average molecular weight is 413 g/mol. The van der Waals surface area contributed by atoms with E-state index in [1.165, 1.54) is 18.3 Å². The average Bonchev–Trinajstić information content (AvgIpc) is 3.21. The standard InChI is InChI=1S/C21H20FN3O3S/c1-2-14-5-3-4-6-17(14)25-19(26)12-23-20(27)13-29-21-24-11-18(28-21)15-7-9-16(22)10-8-15/h3-11H,2,12-13H2,1H3,(H,23,27)(H,25,26). The second-order valence-electron chi connectivity index (χ2n) is 6.12. The van der Waals surface area contributed by atoms with Crippen LogP contribution in [0.5, 0.6) is 0 Å². The van der Waals surface area contributed by atoms with Crippen LogP contribution >= 0.6 is 11.8 Å². The number of hydrogen-bond donors (Lipinski definition) is 2. The minimum absolute atomic E-state index is 0.0577. The van der Waals surface area contributed by atoms with E-state index in [1.54, 1.807) is 12.1 Å². The van der Waals surface area contributed by atoms with Gasteiger partial charge in [0.2, 0.25) is 11.8 Å². The summed E-state index contributed by atoms with van der Waals surface area (Å²) in [6, 6.07) is 13.4. The molecular weight excluding hydrogens is 393 g/mol. The molecule has 0 radical (unpaired) electrons. The maximum Gasteiger partial charge on any atom is 0.256 e. The minimum atomic E-state index is -0.332. The molecule has 2 N–H and O–H groups in total. The number of para-hydroxylation sites is 1. The number of hydrogen-bond acceptors (Lipinski definition) is 5. The Morgan fingerprint density at radius 2 is 1.86 bits per heavy atom. The molecule has 0 unspecified atom stereocenters. The van der Waals surface area contributed by atoms with Crippen molar-refractivity contribution in [2.45, 2.75) is 18.6 Å². The summed E-state index contributed by atoms with van der Waals surface area (Å²) in [4.78, 5) is 28.1. The van der Waals surface area contributed by atoms with Crippen molar-refractivity contribution >= 4 is 29.3 Å². The van der Waals surface area contributed by atoms with E-state index in [0.717, 1.165) is 29.4 Å². The van der Waals surface area contributed by atoms with Gasteiger partial charge >= 0.3 is 0 Å². The molecule has 0 aliphatic carbocycles. The van der Waals surface area contributed by atoms with E-state index in [9.17, 15) is 14.0 Å². The molecule has 29 heavy (non-hydrogen) atoms. The van der Waals surface area contributed by atoms with Gasteiger partial charge in [0.1, 0.15) is 5.82 Å². The summed E-state index contributed by atoms with van der Waals surface area (Å²) in [6.45, 7) is 1.89. The Balaban J connectivity index is 1.44. The molecule has 1 heterocycles. The normalized spacial score (nSPS) is 10.6. The number of amides is 2. The SMILES string of the molecule is CCc1ccccc1NC(=O)CNC(=O)CSc1ncc(-c2ccc(F)cc2)o1. The van der Waals surface area contributed by atoms with Gasteiger partial charge in [0, 0.05) is 11.3 Å². The third-order valence-electron chi connectivity index (χ3n) is 4.06. The number of anilines is 1. The molecule has 0 aliphatic rings. The monoisotopic (exact) mass is 413 g/mol. The van der Waals surface area contributed by atoms with Gasteiger partial charge in [0.15, 0.2) is 5.76 Å². The molecule has 0 fully saturated rings. The van der Waals surface area contributed by atoms with Gasteiger partial charge in [-0.3, -0.25) is 9.59 Å². The first kappa shape index (κ1) is 20.6. The van der Waals surface area contributed by atoms with Crippen molar-refractivity contribution in [2.24, 2.45) is 0 Å². The Hall–Kier alpha value is -3.13. The van der Waals surface area contributed by atoms with Crippen LogP contribution < -0.4 is 10.6 Å². The fourth-order valence-corrected chi connectivity index (χ4v) is 3.21. The van der Waals surface area contributed by atoms with Crippen molar-refractivity contribution in [3.05, 3.63) is 66.1 Å². The molecule has 2 amide bonds. The first-order valence-electron chi connectivity index (χ1n) is 9.04. The van der Waals surface area contributed by atoms with E-state index >= 15 is 0 Å². The van der Waals surface area contributed by atoms with Crippen molar-refractivity contribution in [1.29, 1.82) is 0 Å². The number of aryl methyl sites for hydroxylation is 1. The van der Waals surface area contributed by atoms with Gasteiger partial charge in [0.05, 0.1) is 18.5 Å². The van der Waals surface area contributed by atoms with Crippen LogP contribution in [-0.4, -0.2) is 29.1 Å². The highest BCUT2D eigenvalue weighted by molar-refractivity contribution is 7.99. The van der Waals surface area contributed by atoms with Crippen molar-refractivity contribution in [1.82, 2.24) is 10.3 Å². The predicted molar refractivity (Wildman–Crippen MR) is 110 cm³/mol. The number of benzene rings is 2. The van der Waals surface area contributed by atoms with Gasteiger partial charge in [-0.15, -0.1) is 0 Å². The number of nitrogens with zero attached hydrogens (tertiary/aromatic N) is 1. The summed E-state index contributed by atoms with van der Waals surface area (Å²) in [7, 11) is 0. The van der Waals surface area contributed by atoms with Crippen LogP contribution in [0.2, 0.25) is 0 Å². The van der Waals surface area contributed by atoms with Gasteiger partial charge < -0.3 is 15.1 Å². The van der Waals surface area contributed by atoms with Gasteiger partial charge in [-0.05, 0) is 42.3 Å². The molecule has 1 aromatic heterocycles. The van der Waals surface area contributed by atoms with E-state index in [0.29, 0.717) is 16.5 Å². The first-order valence-corrected chi connectivity index (χ1v) is 10.0. The molecule has 3 aromatic rings. The molecule has 3 rings (SSSR count). The van der Waals surface area contributed by atoms with E-state index in [4.69, 9.17) is 4.42 Å². The molecule has 0 spiro atoms. The van der Waals surface area contributed by atoms with Crippen molar-refractivity contribution in [3.63, 3.8) is 0 Å². The molecule has 0 aliphatic heterocycles. The molecule has 0 atom stereocenters. The topological polar surface area (TPSA) is 84.2 Å². The summed E-state index contributed by atoms with van der Waals surface area (Å²) in [5.74, 6) is -0.389. The largest absolute Gasteiger partial charge is 0.431 e. The van der Waals surface area contributed by atoms with E-state index in [1.807, 2.05) is 31.2 Å². The first-order chi connectivity index (χ1) is 14.0. The van der Waals surface area contributed by atoms with Crippen molar-refractivity contribution < 1.29 is 18.4 Å². The number of carbonyl (C=O) groups is 2. The summed E-state index contributed by atoms with van der Waals surface area (Å²) >= 11 is 1.11. The Labute approximate surface area is 171 Å². The maximum absolute atomic E-state index is 13.0. The van der Waals surface area contributed by atoms with E-state index < -0.39 is 0 Å². The highest BCUT2D eigenvalue weighted by Gasteiger charge is 2.11. The second-order valence-corrected chi connectivity index (χ2v) is 7.05. The Kier molecular flexibility index (Phi) is 7.02. The lowest BCUT2D eigenvalue weighted by molar-refractivity contribution is -0.122. The quantitative estimate of drug-likeness (QED) is 0.548. The summed E-state index contributed by atoms with van der Waals surface area (Å²) < 4.78 is 18.5. The third kappa shape index (κ3) is 5.92. The number of aromatic nitrogens is 1. The zero-order valence-electron chi connectivity index (χ0n) is 15.8. The van der Waals surface area contributed by atoms with E-state index in [-0.39, 0.29) is 29.9 Å². The van der Waals surface area contributed by atoms with Crippen LogP contribution in [0.1, 0.15) is 12.5 Å². The van der Waals surface area contributed by atoms with Crippen LogP contribution in [0.15, 0.2) is 64.4 Å². The maximum atomic E-state index is 13.0. The van der Waals surface area contributed by atoms with E-state index in [2.05, 4.69) is 15.6 Å². The van der Waals surface area contributed by atoms with Crippen LogP contribution in [0, 0.1) is 5.82 Å². The molecule has 0 saturated carbocycles. The Morgan fingerprint density at radius 1 is 1.10 bits per heavy atom. The molecule has 0 bridgehead atoms. The number of oxazole rings is 1. The number of thioether (sulfide) groups is 1. The molecule has 0 saturated heterocycles. The number of nitrogens with one attached hydrogen (secondary N) is 2. The molecule has 8 heteroatoms. The summed E-state index contributed by atoms with van der Waals surface area (Å²) in [5, 5.41) is 5.69.